The Bertz CT molecular complexity index is 425. The Morgan fingerprint density at radius 2 is 1.92 bits per heavy atom. The molecule has 0 fully saturated rings. The SMILES string of the molecule is Brc1cncc(-n2cc(Br)cn2)c1. The van der Waals surface area contributed by atoms with Gasteiger partial charge < -0.3 is 0 Å². The quantitative estimate of drug-likeness (QED) is 0.811. The van der Waals surface area contributed by atoms with E-state index in [0.717, 1.165) is 14.6 Å². The fraction of sp³-hybridized carbons (Fsp3) is 0. The van der Waals surface area contributed by atoms with Gasteiger partial charge in [-0.25, -0.2) is 4.68 Å². The summed E-state index contributed by atoms with van der Waals surface area (Å²) in [6.45, 7) is 0. The van der Waals surface area contributed by atoms with Gasteiger partial charge in [-0.3, -0.25) is 4.98 Å². The van der Waals surface area contributed by atoms with Crippen LogP contribution in [0.5, 0.6) is 0 Å². The van der Waals surface area contributed by atoms with Crippen molar-refractivity contribution in [3.05, 3.63) is 39.8 Å². The monoisotopic (exact) mass is 301 g/mol. The molecule has 0 unspecified atom stereocenters. The van der Waals surface area contributed by atoms with Gasteiger partial charge in [0.05, 0.1) is 22.6 Å². The van der Waals surface area contributed by atoms with Crippen LogP contribution in [0, 0.1) is 0 Å². The molecule has 2 heterocycles. The molecule has 0 radical (unpaired) electrons. The van der Waals surface area contributed by atoms with Gasteiger partial charge in [0.2, 0.25) is 0 Å². The van der Waals surface area contributed by atoms with E-state index in [0.29, 0.717) is 0 Å². The normalized spacial score (nSPS) is 10.3. The fourth-order valence-electron chi connectivity index (χ4n) is 0.968. The summed E-state index contributed by atoms with van der Waals surface area (Å²) < 4.78 is 3.64. The van der Waals surface area contributed by atoms with Gasteiger partial charge in [-0.15, -0.1) is 0 Å². The lowest BCUT2D eigenvalue weighted by atomic mass is 10.4. The highest BCUT2D eigenvalue weighted by molar-refractivity contribution is 9.10. The third-order valence-electron chi connectivity index (χ3n) is 1.51. The highest BCUT2D eigenvalue weighted by Gasteiger charge is 1.99. The van der Waals surface area contributed by atoms with Crippen LogP contribution in [-0.4, -0.2) is 14.8 Å². The molecule has 0 N–H and O–H groups in total. The predicted octanol–water partition coefficient (Wildman–Crippen LogP) is 2.79. The number of rotatable bonds is 1. The predicted molar refractivity (Wildman–Crippen MR) is 56.8 cm³/mol. The van der Waals surface area contributed by atoms with E-state index >= 15 is 0 Å². The highest BCUT2D eigenvalue weighted by Crippen LogP contribution is 2.15. The maximum atomic E-state index is 4.14. The first-order valence-corrected chi connectivity index (χ1v) is 5.15. The summed E-state index contributed by atoms with van der Waals surface area (Å²) in [5.41, 5.74) is 0.931. The minimum Gasteiger partial charge on any atom is -0.261 e. The van der Waals surface area contributed by atoms with Crippen molar-refractivity contribution in [1.29, 1.82) is 0 Å². The van der Waals surface area contributed by atoms with E-state index in [2.05, 4.69) is 41.9 Å². The van der Waals surface area contributed by atoms with Crippen molar-refractivity contribution in [3.63, 3.8) is 0 Å². The molecule has 0 aliphatic rings. The van der Waals surface area contributed by atoms with Gasteiger partial charge in [0.15, 0.2) is 0 Å². The van der Waals surface area contributed by atoms with Crippen LogP contribution in [0.25, 0.3) is 5.69 Å². The first kappa shape index (κ1) is 8.90. The molecular weight excluding hydrogens is 298 g/mol. The smallest absolute Gasteiger partial charge is 0.0840 e. The molecule has 2 aromatic heterocycles. The maximum absolute atomic E-state index is 4.14. The molecule has 0 atom stereocenters. The van der Waals surface area contributed by atoms with E-state index < -0.39 is 0 Å². The van der Waals surface area contributed by atoms with Gasteiger partial charge in [0.1, 0.15) is 0 Å². The van der Waals surface area contributed by atoms with Crippen molar-refractivity contribution in [2.45, 2.75) is 0 Å². The summed E-state index contributed by atoms with van der Waals surface area (Å²) in [6.07, 6.45) is 7.11. The molecule has 66 valence electrons. The standard InChI is InChI=1S/C8H5Br2N3/c9-6-1-8(4-11-2-6)13-5-7(10)3-12-13/h1-5H. The Kier molecular flexibility index (Phi) is 2.46. The first-order valence-electron chi connectivity index (χ1n) is 3.57. The van der Waals surface area contributed by atoms with E-state index in [4.69, 9.17) is 0 Å². The number of hydrogen-bond acceptors (Lipinski definition) is 2. The van der Waals surface area contributed by atoms with Crippen molar-refractivity contribution >= 4 is 31.9 Å². The highest BCUT2D eigenvalue weighted by atomic mass is 79.9. The second-order valence-electron chi connectivity index (χ2n) is 2.46. The molecule has 0 aliphatic carbocycles. The van der Waals surface area contributed by atoms with E-state index in [1.165, 1.54) is 0 Å². The molecule has 0 saturated carbocycles. The molecule has 2 aromatic rings. The summed E-state index contributed by atoms with van der Waals surface area (Å²) in [5.74, 6) is 0. The van der Waals surface area contributed by atoms with Crippen molar-refractivity contribution in [2.24, 2.45) is 0 Å². The molecule has 5 heteroatoms. The van der Waals surface area contributed by atoms with Crippen molar-refractivity contribution in [3.8, 4) is 5.69 Å². The van der Waals surface area contributed by atoms with E-state index in [-0.39, 0.29) is 0 Å². The molecule has 0 aromatic carbocycles. The van der Waals surface area contributed by atoms with Gasteiger partial charge in [-0.05, 0) is 37.9 Å². The van der Waals surface area contributed by atoms with Crippen LogP contribution < -0.4 is 0 Å². The van der Waals surface area contributed by atoms with Crippen molar-refractivity contribution in [1.82, 2.24) is 14.8 Å². The zero-order valence-corrected chi connectivity index (χ0v) is 9.66. The number of pyridine rings is 1. The Hall–Kier alpha value is -0.680. The van der Waals surface area contributed by atoms with Crippen LogP contribution >= 0.6 is 31.9 Å². The molecule has 0 amide bonds. The first-order chi connectivity index (χ1) is 6.25. The van der Waals surface area contributed by atoms with Gasteiger partial charge in [-0.1, -0.05) is 0 Å². The second kappa shape index (κ2) is 3.59. The van der Waals surface area contributed by atoms with Crippen LogP contribution in [0.2, 0.25) is 0 Å². The Balaban J connectivity index is 2.46. The van der Waals surface area contributed by atoms with Gasteiger partial charge in [0.25, 0.3) is 0 Å². The largest absolute Gasteiger partial charge is 0.261 e. The number of halogens is 2. The fourth-order valence-corrected chi connectivity index (χ4v) is 1.61. The lowest BCUT2D eigenvalue weighted by Gasteiger charge is -1.99. The van der Waals surface area contributed by atoms with Crippen LogP contribution in [0.1, 0.15) is 0 Å². The van der Waals surface area contributed by atoms with Crippen molar-refractivity contribution < 1.29 is 0 Å². The summed E-state index contributed by atoms with van der Waals surface area (Å²) in [7, 11) is 0. The lowest BCUT2D eigenvalue weighted by Crippen LogP contribution is -1.94. The summed E-state index contributed by atoms with van der Waals surface area (Å²) in [5, 5.41) is 4.14. The summed E-state index contributed by atoms with van der Waals surface area (Å²) in [6, 6.07) is 1.95. The van der Waals surface area contributed by atoms with Gasteiger partial charge >= 0.3 is 0 Å². The molecule has 3 nitrogen and oxygen atoms in total. The Morgan fingerprint density at radius 3 is 2.54 bits per heavy atom. The Labute approximate surface area is 92.1 Å². The zero-order valence-electron chi connectivity index (χ0n) is 6.48. The summed E-state index contributed by atoms with van der Waals surface area (Å²) >= 11 is 6.68. The average Bonchev–Trinajstić information content (AvgIpc) is 2.52. The minimum absolute atomic E-state index is 0.931. The van der Waals surface area contributed by atoms with Crippen LogP contribution in [0.3, 0.4) is 0 Å². The maximum Gasteiger partial charge on any atom is 0.0840 e. The molecule has 13 heavy (non-hydrogen) atoms. The molecule has 2 rings (SSSR count). The zero-order chi connectivity index (χ0) is 9.26. The number of nitrogens with zero attached hydrogens (tertiary/aromatic N) is 3. The third-order valence-corrected chi connectivity index (χ3v) is 2.35. The van der Waals surface area contributed by atoms with Crippen LogP contribution in [-0.2, 0) is 0 Å². The average molecular weight is 303 g/mol. The van der Waals surface area contributed by atoms with Crippen LogP contribution in [0.15, 0.2) is 39.8 Å². The van der Waals surface area contributed by atoms with Crippen LogP contribution in [0.4, 0.5) is 0 Å². The summed E-state index contributed by atoms with van der Waals surface area (Å²) in [4.78, 5) is 4.05. The molecule has 0 spiro atoms. The van der Waals surface area contributed by atoms with E-state index in [1.54, 1.807) is 23.3 Å². The topological polar surface area (TPSA) is 30.7 Å². The van der Waals surface area contributed by atoms with Crippen molar-refractivity contribution in [2.75, 3.05) is 0 Å². The molecule has 0 saturated heterocycles. The molecule has 0 aliphatic heterocycles. The molecular formula is C8H5Br2N3. The third kappa shape index (κ3) is 1.97. The number of aromatic nitrogens is 3. The Morgan fingerprint density at radius 1 is 1.08 bits per heavy atom. The lowest BCUT2D eigenvalue weighted by molar-refractivity contribution is 0.872. The van der Waals surface area contributed by atoms with Gasteiger partial charge in [-0.2, -0.15) is 5.10 Å². The second-order valence-corrected chi connectivity index (χ2v) is 4.30. The van der Waals surface area contributed by atoms with E-state index in [1.807, 2.05) is 12.3 Å². The molecule has 0 bridgehead atoms. The van der Waals surface area contributed by atoms with Gasteiger partial charge in [0, 0.05) is 16.9 Å². The van der Waals surface area contributed by atoms with E-state index in [9.17, 15) is 0 Å². The minimum atomic E-state index is 0.931. The number of hydrogen-bond donors (Lipinski definition) is 0.